The Kier molecular flexibility index (Phi) is 5.53. The lowest BCUT2D eigenvalue weighted by Gasteiger charge is -2.44. The van der Waals surface area contributed by atoms with E-state index in [1.807, 2.05) is 60.3 Å². The molecule has 2 atom stereocenters. The van der Waals surface area contributed by atoms with Crippen LogP contribution in [-0.4, -0.2) is 30.3 Å². The van der Waals surface area contributed by atoms with Crippen LogP contribution in [0.25, 0.3) is 0 Å². The van der Waals surface area contributed by atoms with Gasteiger partial charge in [0.05, 0.1) is 25.1 Å². The van der Waals surface area contributed by atoms with Crippen LogP contribution in [-0.2, 0) is 26.8 Å². The van der Waals surface area contributed by atoms with Crippen molar-refractivity contribution in [3.8, 4) is 0 Å². The van der Waals surface area contributed by atoms with Gasteiger partial charge in [-0.15, -0.1) is 4.90 Å². The fourth-order valence-electron chi connectivity index (χ4n) is 5.65. The maximum Gasteiger partial charge on any atom is 0.485 e. The molecule has 1 fully saturated rings. The lowest BCUT2D eigenvalue weighted by Crippen LogP contribution is -2.42. The van der Waals surface area contributed by atoms with E-state index in [1.165, 1.54) is 27.2 Å². The molecule has 1 aromatic heterocycles. The van der Waals surface area contributed by atoms with Gasteiger partial charge in [-0.05, 0) is 28.3 Å². The summed E-state index contributed by atoms with van der Waals surface area (Å²) in [4.78, 5) is 28.6. The molecule has 7 nitrogen and oxygen atoms in total. The van der Waals surface area contributed by atoms with Crippen LogP contribution in [0.15, 0.2) is 72.9 Å². The molecule has 0 unspecified atom stereocenters. The van der Waals surface area contributed by atoms with Crippen LogP contribution in [0, 0.1) is 11.8 Å². The number of halogens is 3. The van der Waals surface area contributed by atoms with Gasteiger partial charge >= 0.3 is 17.3 Å². The van der Waals surface area contributed by atoms with Crippen molar-refractivity contribution in [2.75, 3.05) is 4.90 Å². The van der Waals surface area contributed by atoms with Crippen molar-refractivity contribution in [3.05, 3.63) is 95.2 Å². The number of rotatable bonds is 1. The number of anilines is 1. The first kappa shape index (κ1) is 24.1. The second-order valence-electron chi connectivity index (χ2n) is 8.85. The Hall–Kier alpha value is -3.57. The average Bonchev–Trinajstić information content (AvgIpc) is 3.09. The molecule has 4 aliphatic rings. The summed E-state index contributed by atoms with van der Waals surface area (Å²) in [6, 6.07) is 22.3. The SMILES string of the molecule is C[n+]1ccccc1N1C(=O)[C@@H]2C3c4ccccc4C(c4ccccc43)[C@@H]2C1=O.O=S(=O)([O-])C(F)(F)F. The Morgan fingerprint density at radius 1 is 0.778 bits per heavy atom. The molecule has 7 rings (SSSR count). The summed E-state index contributed by atoms with van der Waals surface area (Å²) in [6.07, 6.45) is 1.87. The van der Waals surface area contributed by atoms with Crippen molar-refractivity contribution in [1.29, 1.82) is 0 Å². The first-order chi connectivity index (χ1) is 16.9. The van der Waals surface area contributed by atoms with Gasteiger partial charge in [0, 0.05) is 17.9 Å². The van der Waals surface area contributed by atoms with Gasteiger partial charge < -0.3 is 4.55 Å². The van der Waals surface area contributed by atoms with Gasteiger partial charge in [0.2, 0.25) is 0 Å². The van der Waals surface area contributed by atoms with E-state index in [-0.39, 0.29) is 35.5 Å². The third-order valence-electron chi connectivity index (χ3n) is 6.99. The minimum atomic E-state index is -6.09. The number of aromatic nitrogens is 1. The molecule has 3 aliphatic carbocycles. The van der Waals surface area contributed by atoms with Gasteiger partial charge in [-0.3, -0.25) is 0 Å². The van der Waals surface area contributed by atoms with Gasteiger partial charge in [0.1, 0.15) is 0 Å². The van der Waals surface area contributed by atoms with Gasteiger partial charge in [0.25, 0.3) is 5.82 Å². The Morgan fingerprint density at radius 3 is 1.47 bits per heavy atom. The zero-order valence-electron chi connectivity index (χ0n) is 18.7. The summed E-state index contributed by atoms with van der Waals surface area (Å²) in [5.41, 5.74) is -0.839. The molecule has 0 N–H and O–H groups in total. The maximum atomic E-state index is 13.6. The number of alkyl halides is 3. The molecule has 1 aliphatic heterocycles. The summed E-state index contributed by atoms with van der Waals surface area (Å²) in [5, 5.41) is 0. The molecule has 2 heterocycles. The van der Waals surface area contributed by atoms with Crippen LogP contribution in [0.5, 0.6) is 0 Å². The molecular weight excluding hydrogens is 497 g/mol. The molecule has 2 amide bonds. The summed E-state index contributed by atoms with van der Waals surface area (Å²) in [7, 11) is -4.22. The van der Waals surface area contributed by atoms with E-state index in [0.717, 1.165) is 0 Å². The Bertz CT molecular complexity index is 1390. The molecule has 186 valence electrons. The zero-order valence-corrected chi connectivity index (χ0v) is 19.5. The van der Waals surface area contributed by atoms with E-state index >= 15 is 0 Å². The summed E-state index contributed by atoms with van der Waals surface area (Å²) in [6.45, 7) is 0. The van der Waals surface area contributed by atoms with Gasteiger partial charge in [-0.25, -0.2) is 22.6 Å². The Labute approximate surface area is 204 Å². The highest BCUT2D eigenvalue weighted by molar-refractivity contribution is 7.86. The molecule has 2 bridgehead atoms. The lowest BCUT2D eigenvalue weighted by atomic mass is 9.55. The van der Waals surface area contributed by atoms with Crippen LogP contribution in [0.1, 0.15) is 34.1 Å². The molecule has 3 aromatic rings. The first-order valence-electron chi connectivity index (χ1n) is 11.0. The van der Waals surface area contributed by atoms with Crippen molar-refractivity contribution in [3.63, 3.8) is 0 Å². The van der Waals surface area contributed by atoms with E-state index in [0.29, 0.717) is 5.82 Å². The number of nitrogens with zero attached hydrogens (tertiary/aromatic N) is 2. The van der Waals surface area contributed by atoms with Crippen LogP contribution >= 0.6 is 0 Å². The number of carbonyl (C=O) groups excluding carboxylic acids is 2. The van der Waals surface area contributed by atoms with Gasteiger partial charge in [0.15, 0.2) is 10.1 Å². The van der Waals surface area contributed by atoms with Crippen molar-refractivity contribution in [2.45, 2.75) is 17.3 Å². The van der Waals surface area contributed by atoms with Crippen molar-refractivity contribution in [2.24, 2.45) is 18.9 Å². The smallest absolute Gasteiger partial charge is 0.485 e. The van der Waals surface area contributed by atoms with Crippen LogP contribution < -0.4 is 9.47 Å². The highest BCUT2D eigenvalue weighted by atomic mass is 32.2. The minimum absolute atomic E-state index is 0.0575. The topological polar surface area (TPSA) is 98.5 Å². The number of benzene rings is 2. The lowest BCUT2D eigenvalue weighted by molar-refractivity contribution is -0.658. The number of aryl methyl sites for hydroxylation is 1. The van der Waals surface area contributed by atoms with Crippen molar-refractivity contribution >= 4 is 27.8 Å². The molecule has 1 saturated heterocycles. The van der Waals surface area contributed by atoms with E-state index in [4.69, 9.17) is 13.0 Å². The molecular formula is C25H19F3N2O5S. The number of hydrogen-bond acceptors (Lipinski definition) is 5. The van der Waals surface area contributed by atoms with Crippen LogP contribution in [0.4, 0.5) is 19.0 Å². The van der Waals surface area contributed by atoms with Crippen LogP contribution in [0.2, 0.25) is 0 Å². The highest BCUT2D eigenvalue weighted by Crippen LogP contribution is 2.61. The quantitative estimate of drug-likeness (QED) is 0.214. The third kappa shape index (κ3) is 3.53. The maximum absolute atomic E-state index is 13.6. The fraction of sp³-hybridized carbons (Fsp3) is 0.240. The molecule has 0 radical (unpaired) electrons. The molecule has 2 aromatic carbocycles. The van der Waals surface area contributed by atoms with Crippen molar-refractivity contribution in [1.82, 2.24) is 0 Å². The summed E-state index contributed by atoms with van der Waals surface area (Å²) < 4.78 is 60.7. The third-order valence-corrected chi connectivity index (χ3v) is 7.56. The Balaban J connectivity index is 0.000000292. The van der Waals surface area contributed by atoms with E-state index in [9.17, 15) is 22.8 Å². The van der Waals surface area contributed by atoms with E-state index < -0.39 is 15.6 Å². The number of amides is 2. The van der Waals surface area contributed by atoms with Crippen LogP contribution in [0.3, 0.4) is 0 Å². The first-order valence-corrected chi connectivity index (χ1v) is 12.4. The number of hydrogen-bond donors (Lipinski definition) is 0. The predicted molar refractivity (Wildman–Crippen MR) is 119 cm³/mol. The summed E-state index contributed by atoms with van der Waals surface area (Å²) in [5.74, 6) is -0.285. The molecule has 0 saturated carbocycles. The monoisotopic (exact) mass is 516 g/mol. The predicted octanol–water partition coefficient (Wildman–Crippen LogP) is 2.96. The molecule has 11 heteroatoms. The normalized spacial score (nSPS) is 24.0. The second-order valence-corrected chi connectivity index (χ2v) is 10.2. The average molecular weight is 516 g/mol. The number of pyridine rings is 1. The largest absolute Gasteiger partial charge is 0.741 e. The van der Waals surface area contributed by atoms with Crippen molar-refractivity contribution < 1.29 is 40.3 Å². The van der Waals surface area contributed by atoms with E-state index in [1.54, 1.807) is 0 Å². The standard InChI is InChI=1S/C24H19N2O2.CHF3O3S/c1-25-13-7-6-12-18(25)26-23(27)21-19-14-8-2-3-9-15(14)20(22(21)24(26)28)17-11-5-4-10-16(17)19;2-1(3,4)8(5,6)7/h2-13,19-22H,1H3;(H,5,6,7)/q+1;/p-1/t19?,20?,21-,22+;. The summed E-state index contributed by atoms with van der Waals surface area (Å²) >= 11 is 0. The Morgan fingerprint density at radius 2 is 1.14 bits per heavy atom. The second kappa shape index (κ2) is 8.24. The molecule has 0 spiro atoms. The van der Waals surface area contributed by atoms with E-state index in [2.05, 4.69) is 24.3 Å². The fourth-order valence-corrected chi connectivity index (χ4v) is 5.65. The van der Waals surface area contributed by atoms with Gasteiger partial charge in [-0.1, -0.05) is 54.6 Å². The van der Waals surface area contributed by atoms with Gasteiger partial charge in [-0.2, -0.15) is 13.2 Å². The number of imide groups is 1. The zero-order chi connectivity index (χ0) is 26.0. The minimum Gasteiger partial charge on any atom is -0.741 e. The molecule has 36 heavy (non-hydrogen) atoms. The highest BCUT2D eigenvalue weighted by Gasteiger charge is 2.65. The number of carbonyl (C=O) groups is 2.